The molecule has 0 radical (unpaired) electrons. The summed E-state index contributed by atoms with van der Waals surface area (Å²) in [6.07, 6.45) is 26.2. The van der Waals surface area contributed by atoms with Crippen molar-refractivity contribution >= 4 is 0 Å². The molecule has 3 nitrogen and oxygen atoms in total. The molecule has 1 heterocycles. The lowest BCUT2D eigenvalue weighted by molar-refractivity contribution is 0.0141. The molecule has 0 saturated carbocycles. The summed E-state index contributed by atoms with van der Waals surface area (Å²) in [5.74, 6) is 0.570. The third-order valence-electron chi connectivity index (χ3n) is 6.61. The molecule has 1 rings (SSSR count). The monoisotopic (exact) mass is 440 g/mol. The average Bonchev–Trinajstić information content (AvgIpc) is 3.23. The zero-order chi connectivity index (χ0) is 22.2. The van der Waals surface area contributed by atoms with Crippen LogP contribution in [0, 0.1) is 5.92 Å². The van der Waals surface area contributed by atoms with E-state index in [-0.39, 0.29) is 0 Å². The van der Waals surface area contributed by atoms with E-state index in [1.807, 2.05) is 0 Å². The summed E-state index contributed by atoms with van der Waals surface area (Å²) in [5.41, 5.74) is 0. The van der Waals surface area contributed by atoms with Gasteiger partial charge < -0.3 is 14.2 Å². The Kier molecular flexibility index (Phi) is 21.5. The van der Waals surface area contributed by atoms with Crippen molar-refractivity contribution in [1.29, 1.82) is 0 Å². The fraction of sp³-hybridized carbons (Fsp3) is 1.00. The zero-order valence-electron chi connectivity index (χ0n) is 21.4. The molecular weight excluding hydrogens is 384 g/mol. The van der Waals surface area contributed by atoms with Crippen molar-refractivity contribution in [1.82, 2.24) is 0 Å². The first-order chi connectivity index (χ1) is 15.4. The molecule has 0 N–H and O–H groups in total. The molecule has 186 valence electrons. The second-order valence-corrected chi connectivity index (χ2v) is 9.86. The Morgan fingerprint density at radius 2 is 0.968 bits per heavy atom. The van der Waals surface area contributed by atoms with Crippen molar-refractivity contribution in [2.75, 3.05) is 33.0 Å². The molecule has 0 bridgehead atoms. The van der Waals surface area contributed by atoms with Crippen LogP contribution in [0.25, 0.3) is 0 Å². The van der Waals surface area contributed by atoms with Crippen molar-refractivity contribution in [2.24, 2.45) is 5.92 Å². The van der Waals surface area contributed by atoms with E-state index in [0.29, 0.717) is 12.0 Å². The van der Waals surface area contributed by atoms with Gasteiger partial charge >= 0.3 is 0 Å². The highest BCUT2D eigenvalue weighted by Crippen LogP contribution is 2.20. The smallest absolute Gasteiger partial charge is 0.0813 e. The van der Waals surface area contributed by atoms with E-state index in [0.717, 1.165) is 39.5 Å². The molecule has 3 heteroatoms. The summed E-state index contributed by atoms with van der Waals surface area (Å²) in [6.45, 7) is 8.83. The van der Waals surface area contributed by atoms with Crippen molar-refractivity contribution in [3.05, 3.63) is 0 Å². The lowest BCUT2D eigenvalue weighted by Crippen LogP contribution is -2.15. The van der Waals surface area contributed by atoms with Gasteiger partial charge in [0.05, 0.1) is 25.9 Å². The number of unbranched alkanes of at least 4 members (excludes halogenated alkanes) is 16. The van der Waals surface area contributed by atoms with E-state index >= 15 is 0 Å². The molecule has 1 aliphatic rings. The van der Waals surface area contributed by atoms with Crippen molar-refractivity contribution < 1.29 is 14.2 Å². The first-order valence-electron chi connectivity index (χ1n) is 14.1. The minimum Gasteiger partial charge on any atom is -0.381 e. The summed E-state index contributed by atoms with van der Waals surface area (Å²) >= 11 is 0. The second-order valence-electron chi connectivity index (χ2n) is 9.86. The Bertz CT molecular complexity index is 347. The van der Waals surface area contributed by atoms with Gasteiger partial charge in [-0.15, -0.1) is 0 Å². The summed E-state index contributed by atoms with van der Waals surface area (Å²) in [5, 5.41) is 0. The van der Waals surface area contributed by atoms with Gasteiger partial charge in [-0.1, -0.05) is 117 Å². The molecule has 0 aliphatic carbocycles. The summed E-state index contributed by atoms with van der Waals surface area (Å²) < 4.78 is 17.6. The van der Waals surface area contributed by atoms with Crippen LogP contribution in [0.4, 0.5) is 0 Å². The lowest BCUT2D eigenvalue weighted by atomic mass is 10.0. The van der Waals surface area contributed by atoms with Crippen LogP contribution in [0.15, 0.2) is 0 Å². The maximum atomic E-state index is 5.92. The largest absolute Gasteiger partial charge is 0.381 e. The highest BCUT2D eigenvalue weighted by atomic mass is 16.5. The van der Waals surface area contributed by atoms with Crippen LogP contribution < -0.4 is 0 Å². The van der Waals surface area contributed by atoms with Gasteiger partial charge in [-0.25, -0.2) is 0 Å². The highest BCUT2D eigenvalue weighted by molar-refractivity contribution is 4.73. The second kappa shape index (κ2) is 23.1. The van der Waals surface area contributed by atoms with Crippen LogP contribution in [0.2, 0.25) is 0 Å². The van der Waals surface area contributed by atoms with Crippen LogP contribution >= 0.6 is 0 Å². The Morgan fingerprint density at radius 3 is 1.48 bits per heavy atom. The molecule has 2 atom stereocenters. The fourth-order valence-corrected chi connectivity index (χ4v) is 4.51. The highest BCUT2D eigenvalue weighted by Gasteiger charge is 2.25. The van der Waals surface area contributed by atoms with Gasteiger partial charge in [0.25, 0.3) is 0 Å². The Balaban J connectivity index is 1.74. The predicted octanol–water partition coefficient (Wildman–Crippen LogP) is 8.49. The molecule has 1 saturated heterocycles. The topological polar surface area (TPSA) is 27.7 Å². The first kappa shape index (κ1) is 28.9. The van der Waals surface area contributed by atoms with Crippen LogP contribution in [-0.4, -0.2) is 39.1 Å². The standard InChI is InChI=1S/C28H56O3/c1-3-5-7-9-10-11-12-13-14-15-16-17-18-20-21-29-24-27-23-28(31-25-27)26-30-22-19-8-6-4-2/h27-28H,3-26H2,1-2H3/t27-,28-/m0/s1. The normalized spacial score (nSPS) is 18.8. The third kappa shape index (κ3) is 19.1. The Labute approximate surface area is 195 Å². The summed E-state index contributed by atoms with van der Waals surface area (Å²) in [6, 6.07) is 0. The molecule has 1 fully saturated rings. The minimum atomic E-state index is 0.292. The van der Waals surface area contributed by atoms with Crippen molar-refractivity contribution in [3.8, 4) is 0 Å². The fourth-order valence-electron chi connectivity index (χ4n) is 4.51. The molecule has 0 unspecified atom stereocenters. The maximum absolute atomic E-state index is 5.92. The molecule has 1 aliphatic heterocycles. The number of hydrogen-bond acceptors (Lipinski definition) is 3. The summed E-state index contributed by atoms with van der Waals surface area (Å²) in [7, 11) is 0. The van der Waals surface area contributed by atoms with Crippen molar-refractivity contribution in [3.63, 3.8) is 0 Å². The zero-order valence-corrected chi connectivity index (χ0v) is 21.4. The summed E-state index contributed by atoms with van der Waals surface area (Å²) in [4.78, 5) is 0. The predicted molar refractivity (Wildman–Crippen MR) is 134 cm³/mol. The van der Waals surface area contributed by atoms with Crippen LogP contribution in [0.5, 0.6) is 0 Å². The SMILES string of the molecule is CCCCCCCCCCCCCCCCOC[C@H]1CO[C@H](COCCCCCC)C1. The van der Waals surface area contributed by atoms with Gasteiger partial charge in [-0.2, -0.15) is 0 Å². The minimum absolute atomic E-state index is 0.292. The van der Waals surface area contributed by atoms with E-state index in [1.165, 1.54) is 116 Å². The van der Waals surface area contributed by atoms with E-state index in [9.17, 15) is 0 Å². The number of rotatable bonds is 24. The molecule has 0 aromatic carbocycles. The molecule has 0 aromatic rings. The molecule has 0 spiro atoms. The van der Waals surface area contributed by atoms with Crippen LogP contribution in [0.1, 0.15) is 136 Å². The van der Waals surface area contributed by atoms with Crippen molar-refractivity contribution in [2.45, 2.75) is 142 Å². The van der Waals surface area contributed by atoms with Gasteiger partial charge in [-0.3, -0.25) is 0 Å². The van der Waals surface area contributed by atoms with Gasteiger partial charge in [-0.05, 0) is 19.3 Å². The lowest BCUT2D eigenvalue weighted by Gasteiger charge is -2.11. The Morgan fingerprint density at radius 1 is 0.548 bits per heavy atom. The van der Waals surface area contributed by atoms with Gasteiger partial charge in [0.15, 0.2) is 0 Å². The van der Waals surface area contributed by atoms with E-state index < -0.39 is 0 Å². The Hall–Kier alpha value is -0.120. The van der Waals surface area contributed by atoms with Gasteiger partial charge in [0.1, 0.15) is 0 Å². The quantitative estimate of drug-likeness (QED) is 0.141. The number of ether oxygens (including phenoxy) is 3. The van der Waals surface area contributed by atoms with E-state index in [4.69, 9.17) is 14.2 Å². The molecule has 0 aromatic heterocycles. The van der Waals surface area contributed by atoms with Gasteiger partial charge in [0.2, 0.25) is 0 Å². The van der Waals surface area contributed by atoms with Gasteiger partial charge in [0, 0.05) is 19.1 Å². The maximum Gasteiger partial charge on any atom is 0.0813 e. The van der Waals surface area contributed by atoms with Crippen LogP contribution in [-0.2, 0) is 14.2 Å². The van der Waals surface area contributed by atoms with E-state index in [1.54, 1.807) is 0 Å². The first-order valence-corrected chi connectivity index (χ1v) is 14.1. The number of hydrogen-bond donors (Lipinski definition) is 0. The molecule has 0 amide bonds. The average molecular weight is 441 g/mol. The van der Waals surface area contributed by atoms with Crippen LogP contribution in [0.3, 0.4) is 0 Å². The third-order valence-corrected chi connectivity index (χ3v) is 6.61. The molecule has 31 heavy (non-hydrogen) atoms. The van der Waals surface area contributed by atoms with E-state index in [2.05, 4.69) is 13.8 Å². The molecular formula is C28H56O3.